The first-order valence-electron chi connectivity index (χ1n) is 31.3. The molecule has 6 N–H and O–H groups in total. The number of aliphatic hydroxyl groups excluding tert-OH is 5. The SMILES string of the molecule is CCCCCC/C=C\CCCCCCCCC(O)C(=O)NC(COC1OC(CO)C(O)C(O)C1OC(=O)CCCCCCCCCCC/C=C/CCCCCCCC)C(O)/C=C/CCCCCCCCCCCC. The molecule has 1 heterocycles. The number of esters is 1. The molecule has 0 saturated carbocycles. The number of hydrogen-bond donors (Lipinski definition) is 6. The summed E-state index contributed by atoms with van der Waals surface area (Å²) in [6.07, 6.45) is 50.4. The number of ether oxygens (including phenoxy) is 3. The maximum Gasteiger partial charge on any atom is 0.306 e. The summed E-state index contributed by atoms with van der Waals surface area (Å²) in [4.78, 5) is 26.5. The standard InChI is InChI=1S/C63H117NO10/c1-4-7-10-13-16-19-22-25-27-28-29-30-31-33-36-39-42-45-48-51-58(68)74-61-60(70)59(69)57(52-65)73-63(61)72-53-54(55(66)49-46-43-40-37-34-24-21-18-15-12-9-6-3)64-62(71)56(67)50-47-44-41-38-35-32-26-23-20-17-14-11-8-5-2/h20,23,25,27,46,49,54-57,59-61,63,65-67,69-70H,4-19,21-22,24,26,28-45,47-48,50-53H2,1-3H3,(H,64,71)/b23-20-,27-25+,49-46+. The Hall–Kier alpha value is -2.12. The fourth-order valence-electron chi connectivity index (χ4n) is 9.76. The van der Waals surface area contributed by atoms with Gasteiger partial charge in [-0.2, -0.15) is 0 Å². The Kier molecular flexibility index (Phi) is 48.8. The molecular weight excluding hydrogens is 931 g/mol. The first-order chi connectivity index (χ1) is 36.2. The van der Waals surface area contributed by atoms with E-state index in [9.17, 15) is 35.1 Å². The Balaban J connectivity index is 2.67. The zero-order valence-corrected chi connectivity index (χ0v) is 48.0. The first kappa shape index (κ1) is 69.9. The normalized spacial score (nSPS) is 19.5. The highest BCUT2D eigenvalue weighted by Gasteiger charge is 2.47. The number of allylic oxidation sites excluding steroid dienone is 5. The highest BCUT2D eigenvalue weighted by Crippen LogP contribution is 2.26. The minimum absolute atomic E-state index is 0.123. The summed E-state index contributed by atoms with van der Waals surface area (Å²) in [6.45, 7) is 5.78. The van der Waals surface area contributed by atoms with Gasteiger partial charge in [0.2, 0.25) is 5.91 Å². The highest BCUT2D eigenvalue weighted by molar-refractivity contribution is 5.80. The van der Waals surface area contributed by atoms with Crippen molar-refractivity contribution in [3.05, 3.63) is 36.5 Å². The van der Waals surface area contributed by atoms with Crippen molar-refractivity contribution in [2.24, 2.45) is 0 Å². The van der Waals surface area contributed by atoms with E-state index in [1.54, 1.807) is 6.08 Å². The second-order valence-electron chi connectivity index (χ2n) is 21.8. The average molecular weight is 1050 g/mol. The zero-order valence-electron chi connectivity index (χ0n) is 48.0. The van der Waals surface area contributed by atoms with Crippen LogP contribution in [0.25, 0.3) is 0 Å². The molecule has 0 bridgehead atoms. The maximum absolute atomic E-state index is 13.4. The van der Waals surface area contributed by atoms with Gasteiger partial charge in [0.15, 0.2) is 12.4 Å². The molecule has 0 radical (unpaired) electrons. The Morgan fingerprint density at radius 2 is 0.892 bits per heavy atom. The first-order valence-corrected chi connectivity index (χ1v) is 31.3. The molecule has 1 saturated heterocycles. The smallest absolute Gasteiger partial charge is 0.306 e. The van der Waals surface area contributed by atoms with E-state index in [1.165, 1.54) is 173 Å². The van der Waals surface area contributed by atoms with Gasteiger partial charge in [-0.05, 0) is 77.0 Å². The van der Waals surface area contributed by atoms with Crippen molar-refractivity contribution >= 4 is 11.9 Å². The van der Waals surface area contributed by atoms with Crippen LogP contribution in [0.4, 0.5) is 0 Å². The summed E-state index contributed by atoms with van der Waals surface area (Å²) in [5.74, 6) is -1.19. The van der Waals surface area contributed by atoms with Crippen LogP contribution in [0.1, 0.15) is 290 Å². The van der Waals surface area contributed by atoms with Crippen molar-refractivity contribution in [3.8, 4) is 0 Å². The average Bonchev–Trinajstić information content (AvgIpc) is 3.40. The number of aliphatic hydroxyl groups is 5. The van der Waals surface area contributed by atoms with Crippen LogP contribution in [0.2, 0.25) is 0 Å². The monoisotopic (exact) mass is 1050 g/mol. The zero-order chi connectivity index (χ0) is 54.0. The second kappa shape index (κ2) is 51.6. The summed E-state index contributed by atoms with van der Waals surface area (Å²) in [7, 11) is 0. The van der Waals surface area contributed by atoms with E-state index in [2.05, 4.69) is 50.4 Å². The molecule has 11 heteroatoms. The van der Waals surface area contributed by atoms with Gasteiger partial charge in [0.25, 0.3) is 0 Å². The lowest BCUT2D eigenvalue weighted by Gasteiger charge is -2.41. The quantitative estimate of drug-likeness (QED) is 0.0195. The third-order valence-electron chi connectivity index (χ3n) is 14.8. The van der Waals surface area contributed by atoms with Crippen LogP contribution in [-0.2, 0) is 23.8 Å². The predicted octanol–water partition coefficient (Wildman–Crippen LogP) is 14.7. The Morgan fingerprint density at radius 3 is 1.32 bits per heavy atom. The molecule has 0 aromatic carbocycles. The second-order valence-corrected chi connectivity index (χ2v) is 21.8. The van der Waals surface area contributed by atoms with E-state index in [1.807, 2.05) is 6.08 Å². The number of rotatable bonds is 53. The van der Waals surface area contributed by atoms with Gasteiger partial charge >= 0.3 is 5.97 Å². The lowest BCUT2D eigenvalue weighted by atomic mass is 9.99. The number of amides is 1. The topological polar surface area (TPSA) is 175 Å². The molecule has 74 heavy (non-hydrogen) atoms. The molecular formula is C63H117NO10. The van der Waals surface area contributed by atoms with Crippen LogP contribution in [0.15, 0.2) is 36.5 Å². The lowest BCUT2D eigenvalue weighted by Crippen LogP contribution is -2.61. The lowest BCUT2D eigenvalue weighted by molar-refractivity contribution is -0.305. The van der Waals surface area contributed by atoms with E-state index in [-0.39, 0.29) is 19.4 Å². The van der Waals surface area contributed by atoms with Gasteiger partial charge in [-0.1, -0.05) is 243 Å². The summed E-state index contributed by atoms with van der Waals surface area (Å²) >= 11 is 0. The van der Waals surface area contributed by atoms with Crippen molar-refractivity contribution in [2.75, 3.05) is 13.2 Å². The molecule has 1 rings (SSSR count). The van der Waals surface area contributed by atoms with Crippen molar-refractivity contribution in [2.45, 2.75) is 339 Å². The molecule has 8 unspecified atom stereocenters. The van der Waals surface area contributed by atoms with Gasteiger partial charge in [0.05, 0.1) is 25.4 Å². The third-order valence-corrected chi connectivity index (χ3v) is 14.8. The summed E-state index contributed by atoms with van der Waals surface area (Å²) < 4.78 is 17.6. The molecule has 434 valence electrons. The Morgan fingerprint density at radius 1 is 0.514 bits per heavy atom. The predicted molar refractivity (Wildman–Crippen MR) is 306 cm³/mol. The maximum atomic E-state index is 13.4. The van der Waals surface area contributed by atoms with Crippen LogP contribution in [0, 0.1) is 0 Å². The number of carbonyl (C=O) groups is 2. The molecule has 0 aromatic rings. The van der Waals surface area contributed by atoms with Crippen molar-refractivity contribution in [3.63, 3.8) is 0 Å². The van der Waals surface area contributed by atoms with Gasteiger partial charge in [-0.15, -0.1) is 0 Å². The van der Waals surface area contributed by atoms with E-state index in [0.29, 0.717) is 12.8 Å². The third kappa shape index (κ3) is 39.3. The van der Waals surface area contributed by atoms with E-state index >= 15 is 0 Å². The van der Waals surface area contributed by atoms with Gasteiger partial charge in [0.1, 0.15) is 24.4 Å². The molecule has 0 spiro atoms. The molecule has 1 aliphatic rings. The summed E-state index contributed by atoms with van der Waals surface area (Å²) in [6, 6.07) is -1.02. The van der Waals surface area contributed by atoms with Crippen LogP contribution in [0.3, 0.4) is 0 Å². The van der Waals surface area contributed by atoms with Gasteiger partial charge in [-0.3, -0.25) is 9.59 Å². The fraction of sp³-hybridized carbons (Fsp3) is 0.873. The van der Waals surface area contributed by atoms with E-state index < -0.39 is 67.4 Å². The van der Waals surface area contributed by atoms with Crippen LogP contribution >= 0.6 is 0 Å². The number of nitrogens with one attached hydrogen (secondary N) is 1. The van der Waals surface area contributed by atoms with Gasteiger partial charge < -0.3 is 45.1 Å². The van der Waals surface area contributed by atoms with Crippen LogP contribution < -0.4 is 5.32 Å². The minimum Gasteiger partial charge on any atom is -0.454 e. The molecule has 0 aliphatic carbocycles. The van der Waals surface area contributed by atoms with Crippen molar-refractivity contribution in [1.29, 1.82) is 0 Å². The summed E-state index contributed by atoms with van der Waals surface area (Å²) in [5, 5.41) is 56.9. The van der Waals surface area contributed by atoms with Crippen LogP contribution in [0.5, 0.6) is 0 Å². The molecule has 11 nitrogen and oxygen atoms in total. The van der Waals surface area contributed by atoms with E-state index in [4.69, 9.17) is 14.2 Å². The highest BCUT2D eigenvalue weighted by atomic mass is 16.7. The van der Waals surface area contributed by atoms with Crippen molar-refractivity contribution < 1.29 is 49.3 Å². The minimum atomic E-state index is -1.61. The molecule has 1 amide bonds. The number of hydrogen-bond acceptors (Lipinski definition) is 10. The van der Waals surface area contributed by atoms with E-state index in [0.717, 1.165) is 70.6 Å². The number of unbranched alkanes of at least 4 members (excludes halogenated alkanes) is 35. The number of carbonyl (C=O) groups excluding carboxylic acids is 2. The van der Waals surface area contributed by atoms with Gasteiger partial charge in [0, 0.05) is 6.42 Å². The fourth-order valence-corrected chi connectivity index (χ4v) is 9.76. The largest absolute Gasteiger partial charge is 0.454 e. The molecule has 8 atom stereocenters. The van der Waals surface area contributed by atoms with Gasteiger partial charge in [-0.25, -0.2) is 0 Å². The molecule has 0 aromatic heterocycles. The molecule has 1 aliphatic heterocycles. The van der Waals surface area contributed by atoms with Crippen LogP contribution in [-0.4, -0.2) is 99.6 Å². The Bertz CT molecular complexity index is 1340. The van der Waals surface area contributed by atoms with Crippen molar-refractivity contribution in [1.82, 2.24) is 5.32 Å². The molecule has 1 fully saturated rings. The Labute approximate surface area is 453 Å². The summed E-state index contributed by atoms with van der Waals surface area (Å²) in [5.41, 5.74) is 0.